The van der Waals surface area contributed by atoms with Crippen molar-refractivity contribution in [1.82, 2.24) is 9.58 Å². The van der Waals surface area contributed by atoms with E-state index in [-0.39, 0.29) is 17.7 Å². The molecule has 2 aromatic heterocycles. The maximum absolute atomic E-state index is 13.9. The molecule has 1 atom stereocenters. The Balaban J connectivity index is 1.28. The van der Waals surface area contributed by atoms with Crippen LogP contribution < -0.4 is 9.47 Å². The predicted octanol–water partition coefficient (Wildman–Crippen LogP) is 7.55. The van der Waals surface area contributed by atoms with Crippen LogP contribution in [0.4, 0.5) is 0 Å². The number of carbonyl (C=O) groups is 1. The molecule has 3 aromatic carbocycles. The fourth-order valence-corrected chi connectivity index (χ4v) is 7.08. The van der Waals surface area contributed by atoms with E-state index in [0.29, 0.717) is 17.9 Å². The van der Waals surface area contributed by atoms with Crippen LogP contribution in [0.1, 0.15) is 34.0 Å². The van der Waals surface area contributed by atoms with Gasteiger partial charge in [0.25, 0.3) is 5.91 Å². The fraction of sp³-hybridized carbons (Fsp3) is 0.212. The van der Waals surface area contributed by atoms with Crippen LogP contribution in [0.15, 0.2) is 100 Å². The van der Waals surface area contributed by atoms with Gasteiger partial charge in [0, 0.05) is 40.5 Å². The largest absolute Gasteiger partial charge is 0.493 e. The highest BCUT2D eigenvalue weighted by Gasteiger charge is 2.36. The first-order valence-corrected chi connectivity index (χ1v) is 15.3. The normalized spacial score (nSPS) is 14.9. The Morgan fingerprint density at radius 2 is 1.88 bits per heavy atom. The third-order valence-electron chi connectivity index (χ3n) is 7.30. The fourth-order valence-electron chi connectivity index (χ4n) is 5.42. The molecule has 1 aliphatic heterocycles. The van der Waals surface area contributed by atoms with Gasteiger partial charge >= 0.3 is 0 Å². The minimum absolute atomic E-state index is 0.0491. The van der Waals surface area contributed by atoms with Gasteiger partial charge in [0.15, 0.2) is 11.5 Å². The molecule has 6 rings (SSSR count). The van der Waals surface area contributed by atoms with Gasteiger partial charge in [0.2, 0.25) is 0 Å². The van der Waals surface area contributed by atoms with Crippen LogP contribution >= 0.6 is 23.1 Å². The van der Waals surface area contributed by atoms with Crippen molar-refractivity contribution in [2.75, 3.05) is 20.0 Å². The number of benzene rings is 3. The summed E-state index contributed by atoms with van der Waals surface area (Å²) in [5.41, 5.74) is 5.44. The van der Waals surface area contributed by atoms with Crippen molar-refractivity contribution in [2.45, 2.75) is 30.8 Å². The van der Waals surface area contributed by atoms with Crippen LogP contribution in [0.25, 0.3) is 10.9 Å². The summed E-state index contributed by atoms with van der Waals surface area (Å²) in [6.07, 6.45) is 2.77. The standard InChI is InChI=1S/C33H31N3O3S2/c1-22-9-6-10-23(17-22)19-35-20-31(24-11-4-5-13-27(24)35)41-21-32(37)36-28(18-26(34-36)30-15-8-16-40-30)25-12-7-14-29(38-2)33(25)39-3/h4-17,20,28H,18-19,21H2,1-3H3/t28-/m1/s1. The second-order valence-corrected chi connectivity index (χ2v) is 11.9. The van der Waals surface area contributed by atoms with Gasteiger partial charge in [-0.1, -0.05) is 66.2 Å². The molecular formula is C33H31N3O3S2. The molecule has 0 N–H and O–H groups in total. The van der Waals surface area contributed by atoms with Gasteiger partial charge in [-0.2, -0.15) is 5.10 Å². The predicted molar refractivity (Wildman–Crippen MR) is 168 cm³/mol. The zero-order chi connectivity index (χ0) is 28.3. The molecule has 5 aromatic rings. The smallest absolute Gasteiger partial charge is 0.253 e. The zero-order valence-electron chi connectivity index (χ0n) is 23.2. The van der Waals surface area contributed by atoms with E-state index < -0.39 is 0 Å². The lowest BCUT2D eigenvalue weighted by molar-refractivity contribution is -0.130. The number of methoxy groups -OCH3 is 2. The number of rotatable bonds is 9. The van der Waals surface area contributed by atoms with E-state index in [1.54, 1.807) is 42.3 Å². The Kier molecular flexibility index (Phi) is 7.85. The van der Waals surface area contributed by atoms with E-state index in [4.69, 9.17) is 14.6 Å². The number of amides is 1. The van der Waals surface area contributed by atoms with E-state index in [9.17, 15) is 4.79 Å². The molecule has 1 amide bonds. The highest BCUT2D eigenvalue weighted by atomic mass is 32.2. The lowest BCUT2D eigenvalue weighted by Gasteiger charge is -2.24. The van der Waals surface area contributed by atoms with Gasteiger partial charge in [0.05, 0.1) is 36.6 Å². The monoisotopic (exact) mass is 581 g/mol. The summed E-state index contributed by atoms with van der Waals surface area (Å²) in [6.45, 7) is 2.89. The first-order chi connectivity index (χ1) is 20.1. The molecule has 6 nitrogen and oxygen atoms in total. The first-order valence-electron chi connectivity index (χ1n) is 13.5. The van der Waals surface area contributed by atoms with E-state index >= 15 is 0 Å². The number of carbonyl (C=O) groups excluding carboxylic acids is 1. The number of hydrogen-bond donors (Lipinski definition) is 0. The summed E-state index contributed by atoms with van der Waals surface area (Å²) in [7, 11) is 3.25. The average Bonchev–Trinajstić information content (AvgIpc) is 3.75. The lowest BCUT2D eigenvalue weighted by atomic mass is 9.99. The molecule has 3 heterocycles. The molecule has 0 bridgehead atoms. The Hall–Kier alpha value is -4.01. The highest BCUT2D eigenvalue weighted by molar-refractivity contribution is 8.00. The summed E-state index contributed by atoms with van der Waals surface area (Å²) in [5, 5.41) is 9.68. The van der Waals surface area contributed by atoms with Gasteiger partial charge in [-0.25, -0.2) is 5.01 Å². The maximum atomic E-state index is 13.9. The van der Waals surface area contributed by atoms with E-state index in [1.165, 1.54) is 11.1 Å². The molecule has 0 saturated heterocycles. The van der Waals surface area contributed by atoms with Crippen molar-refractivity contribution >= 4 is 45.6 Å². The van der Waals surface area contributed by atoms with Crippen molar-refractivity contribution in [3.8, 4) is 11.5 Å². The van der Waals surface area contributed by atoms with Gasteiger partial charge < -0.3 is 14.0 Å². The Morgan fingerprint density at radius 1 is 1.02 bits per heavy atom. The Morgan fingerprint density at radius 3 is 2.66 bits per heavy atom. The van der Waals surface area contributed by atoms with Crippen molar-refractivity contribution < 1.29 is 14.3 Å². The third kappa shape index (κ3) is 5.49. The highest BCUT2D eigenvalue weighted by Crippen LogP contribution is 2.42. The van der Waals surface area contributed by atoms with Crippen LogP contribution in [0.3, 0.4) is 0 Å². The van der Waals surface area contributed by atoms with Gasteiger partial charge in [-0.15, -0.1) is 23.1 Å². The van der Waals surface area contributed by atoms with E-state index in [2.05, 4.69) is 66.2 Å². The Labute approximate surface area is 248 Å². The van der Waals surface area contributed by atoms with Gasteiger partial charge in [0.1, 0.15) is 0 Å². The number of thiophene rings is 1. The summed E-state index contributed by atoms with van der Waals surface area (Å²) < 4.78 is 13.6. The molecule has 0 radical (unpaired) electrons. The average molecular weight is 582 g/mol. The maximum Gasteiger partial charge on any atom is 0.253 e. The SMILES string of the molecule is COc1cccc([C@H]2CC(c3cccs3)=NN2C(=O)CSc2cn(Cc3cccc(C)c3)c3ccccc23)c1OC. The van der Waals surface area contributed by atoms with Crippen LogP contribution in [0.5, 0.6) is 11.5 Å². The number of aryl methyl sites for hydroxylation is 1. The number of hydrogen-bond acceptors (Lipinski definition) is 6. The zero-order valence-corrected chi connectivity index (χ0v) is 24.9. The number of nitrogens with zero attached hydrogens (tertiary/aromatic N) is 3. The molecule has 8 heteroatoms. The molecule has 0 spiro atoms. The van der Waals surface area contributed by atoms with Gasteiger partial charge in [-0.3, -0.25) is 4.79 Å². The van der Waals surface area contributed by atoms with E-state index in [0.717, 1.165) is 38.5 Å². The first kappa shape index (κ1) is 27.2. The topological polar surface area (TPSA) is 56.1 Å². The quantitative estimate of drug-likeness (QED) is 0.169. The number of hydrazone groups is 1. The second-order valence-electron chi connectivity index (χ2n) is 9.98. The summed E-state index contributed by atoms with van der Waals surface area (Å²) in [6, 6.07) is 26.5. The molecule has 0 fully saturated rings. The summed E-state index contributed by atoms with van der Waals surface area (Å²) in [5.74, 6) is 1.49. The van der Waals surface area contributed by atoms with Crippen LogP contribution in [0, 0.1) is 6.92 Å². The third-order valence-corrected chi connectivity index (χ3v) is 9.25. The lowest BCUT2D eigenvalue weighted by Crippen LogP contribution is -2.28. The molecule has 208 valence electrons. The molecule has 1 aliphatic rings. The van der Waals surface area contributed by atoms with E-state index in [1.807, 2.05) is 35.7 Å². The number of thioether (sulfide) groups is 1. The summed E-state index contributed by atoms with van der Waals surface area (Å²) in [4.78, 5) is 16.0. The van der Waals surface area contributed by atoms with Gasteiger partial charge in [-0.05, 0) is 36.1 Å². The summed E-state index contributed by atoms with van der Waals surface area (Å²) >= 11 is 3.19. The van der Waals surface area contributed by atoms with Crippen molar-refractivity contribution in [3.05, 3.63) is 112 Å². The molecule has 0 saturated carbocycles. The van der Waals surface area contributed by atoms with Crippen LogP contribution in [-0.2, 0) is 11.3 Å². The molecule has 0 aliphatic carbocycles. The molecule has 0 unspecified atom stereocenters. The number of fused-ring (bicyclic) bond motifs is 1. The molecule has 41 heavy (non-hydrogen) atoms. The van der Waals surface area contributed by atoms with Crippen molar-refractivity contribution in [3.63, 3.8) is 0 Å². The van der Waals surface area contributed by atoms with Crippen molar-refractivity contribution in [1.29, 1.82) is 0 Å². The van der Waals surface area contributed by atoms with Crippen molar-refractivity contribution in [2.24, 2.45) is 5.10 Å². The van der Waals surface area contributed by atoms with Crippen LogP contribution in [0.2, 0.25) is 0 Å². The minimum Gasteiger partial charge on any atom is -0.493 e. The number of ether oxygens (including phenoxy) is 2. The minimum atomic E-state index is -0.284. The second kappa shape index (κ2) is 11.8. The Bertz CT molecular complexity index is 1730. The number of para-hydroxylation sites is 2. The molecular weight excluding hydrogens is 551 g/mol. The number of aromatic nitrogens is 1. The van der Waals surface area contributed by atoms with Crippen LogP contribution in [-0.4, -0.2) is 41.2 Å².